The first-order valence-electron chi connectivity index (χ1n) is 12.3. The summed E-state index contributed by atoms with van der Waals surface area (Å²) in [7, 11) is 0. The zero-order chi connectivity index (χ0) is 22.9. The summed E-state index contributed by atoms with van der Waals surface area (Å²) in [6, 6.07) is 16.1. The maximum absolute atomic E-state index is 15.2. The Bertz CT molecular complexity index is 1280. The van der Waals surface area contributed by atoms with Crippen molar-refractivity contribution in [3.8, 4) is 17.2 Å². The molecule has 2 fully saturated rings. The van der Waals surface area contributed by atoms with Gasteiger partial charge in [-0.15, -0.1) is 5.10 Å². The zero-order valence-electron chi connectivity index (χ0n) is 19.3. The van der Waals surface area contributed by atoms with Crippen molar-refractivity contribution in [1.82, 2.24) is 24.6 Å². The molecule has 0 unspecified atom stereocenters. The maximum Gasteiger partial charge on any atom is 0.181 e. The van der Waals surface area contributed by atoms with E-state index in [4.69, 9.17) is 0 Å². The molecule has 0 amide bonds. The van der Waals surface area contributed by atoms with Gasteiger partial charge in [-0.3, -0.25) is 4.90 Å². The zero-order valence-corrected chi connectivity index (χ0v) is 19.3. The summed E-state index contributed by atoms with van der Waals surface area (Å²) >= 11 is 0. The fourth-order valence-corrected chi connectivity index (χ4v) is 5.46. The van der Waals surface area contributed by atoms with E-state index in [0.29, 0.717) is 22.9 Å². The molecule has 6 nitrogen and oxygen atoms in total. The Hall–Kier alpha value is -3.32. The number of hydrogen-bond donors (Lipinski definition) is 0. The van der Waals surface area contributed by atoms with Gasteiger partial charge in [0, 0.05) is 49.4 Å². The molecule has 3 heterocycles. The molecular formula is C27H29FN6. The highest BCUT2D eigenvalue weighted by molar-refractivity contribution is 5.88. The summed E-state index contributed by atoms with van der Waals surface area (Å²) in [6.07, 6.45) is 10.1. The van der Waals surface area contributed by atoms with Gasteiger partial charge < -0.3 is 4.90 Å². The molecule has 4 aromatic rings. The van der Waals surface area contributed by atoms with Crippen LogP contribution in [0.2, 0.25) is 0 Å². The highest BCUT2D eigenvalue weighted by Gasteiger charge is 2.26. The van der Waals surface area contributed by atoms with E-state index in [2.05, 4.69) is 24.9 Å². The molecule has 2 aliphatic rings. The molecule has 34 heavy (non-hydrogen) atoms. The topological polar surface area (TPSA) is 50.1 Å². The number of rotatable bonds is 4. The molecule has 0 radical (unpaired) electrons. The van der Waals surface area contributed by atoms with Gasteiger partial charge in [0.05, 0.1) is 5.69 Å². The third kappa shape index (κ3) is 4.05. The summed E-state index contributed by atoms with van der Waals surface area (Å²) in [5.74, 6) is 0.982. The van der Waals surface area contributed by atoms with E-state index in [1.54, 1.807) is 23.3 Å². The number of benzene rings is 2. The number of fused-ring (bicyclic) bond motifs is 1. The second-order valence-electron chi connectivity index (χ2n) is 9.35. The Morgan fingerprint density at radius 3 is 2.50 bits per heavy atom. The molecule has 6 rings (SSSR count). The summed E-state index contributed by atoms with van der Waals surface area (Å²) in [5, 5.41) is 6.68. The van der Waals surface area contributed by atoms with Crippen molar-refractivity contribution in [2.45, 2.75) is 38.1 Å². The number of hydrogen-bond acceptors (Lipinski definition) is 5. The summed E-state index contributed by atoms with van der Waals surface area (Å²) in [5.41, 5.74) is 1.34. The van der Waals surface area contributed by atoms with Gasteiger partial charge in [-0.1, -0.05) is 43.5 Å². The van der Waals surface area contributed by atoms with Crippen LogP contribution in [-0.2, 0) is 0 Å². The van der Waals surface area contributed by atoms with E-state index in [9.17, 15) is 0 Å². The van der Waals surface area contributed by atoms with E-state index in [0.717, 1.165) is 43.0 Å². The van der Waals surface area contributed by atoms with Crippen molar-refractivity contribution < 1.29 is 4.39 Å². The number of aromatic nitrogens is 4. The second-order valence-corrected chi connectivity index (χ2v) is 9.35. The molecule has 2 aromatic heterocycles. The maximum atomic E-state index is 15.2. The van der Waals surface area contributed by atoms with Crippen LogP contribution < -0.4 is 4.90 Å². The first-order valence-corrected chi connectivity index (χ1v) is 12.3. The smallest absolute Gasteiger partial charge is 0.181 e. The first-order chi connectivity index (χ1) is 16.8. The van der Waals surface area contributed by atoms with Crippen LogP contribution in [0.4, 0.5) is 10.1 Å². The number of piperazine rings is 1. The van der Waals surface area contributed by atoms with Crippen LogP contribution in [0.25, 0.3) is 28.0 Å². The average Bonchev–Trinajstić information content (AvgIpc) is 3.39. The minimum Gasteiger partial charge on any atom is -0.367 e. The highest BCUT2D eigenvalue weighted by Crippen LogP contribution is 2.28. The van der Waals surface area contributed by atoms with Crippen LogP contribution in [0, 0.1) is 5.82 Å². The van der Waals surface area contributed by atoms with Crippen LogP contribution in [0.1, 0.15) is 32.1 Å². The number of halogens is 1. The van der Waals surface area contributed by atoms with Crippen molar-refractivity contribution in [3.05, 3.63) is 66.9 Å². The van der Waals surface area contributed by atoms with Gasteiger partial charge in [-0.25, -0.2) is 19.0 Å². The highest BCUT2D eigenvalue weighted by atomic mass is 19.1. The van der Waals surface area contributed by atoms with Crippen molar-refractivity contribution in [3.63, 3.8) is 0 Å². The lowest BCUT2D eigenvalue weighted by atomic mass is 9.94. The Labute approximate surface area is 199 Å². The predicted molar refractivity (Wildman–Crippen MR) is 133 cm³/mol. The van der Waals surface area contributed by atoms with Crippen molar-refractivity contribution in [1.29, 1.82) is 0 Å². The Balaban J connectivity index is 1.19. The van der Waals surface area contributed by atoms with Crippen LogP contribution in [0.15, 0.2) is 61.1 Å². The predicted octanol–water partition coefficient (Wildman–Crippen LogP) is 5.08. The fourth-order valence-electron chi connectivity index (χ4n) is 5.46. The largest absolute Gasteiger partial charge is 0.367 e. The third-order valence-corrected chi connectivity index (χ3v) is 7.31. The Morgan fingerprint density at radius 2 is 1.68 bits per heavy atom. The molecule has 174 valence electrons. The second kappa shape index (κ2) is 9.14. The summed E-state index contributed by atoms with van der Waals surface area (Å²) < 4.78 is 16.8. The molecule has 0 spiro atoms. The quantitative estimate of drug-likeness (QED) is 0.429. The SMILES string of the molecule is Fc1cc(-c2ncn(-c3nccc4ccccc34)n2)ccc1N1CCN(C2CCCCC2)CC1. The Kier molecular flexibility index (Phi) is 5.71. The van der Waals surface area contributed by atoms with Crippen LogP contribution in [-0.4, -0.2) is 56.9 Å². The van der Waals surface area contributed by atoms with Gasteiger partial charge in [-0.05, 0) is 42.5 Å². The van der Waals surface area contributed by atoms with Crippen molar-refractivity contribution in [2.75, 3.05) is 31.1 Å². The van der Waals surface area contributed by atoms with Crippen LogP contribution in [0.5, 0.6) is 0 Å². The van der Waals surface area contributed by atoms with Gasteiger partial charge >= 0.3 is 0 Å². The molecule has 7 heteroatoms. The third-order valence-electron chi connectivity index (χ3n) is 7.31. The Morgan fingerprint density at radius 1 is 0.853 bits per heavy atom. The van der Waals surface area contributed by atoms with E-state index in [-0.39, 0.29) is 5.82 Å². The molecule has 0 atom stereocenters. The first kappa shape index (κ1) is 21.2. The van der Waals surface area contributed by atoms with Crippen LogP contribution >= 0.6 is 0 Å². The average molecular weight is 457 g/mol. The molecule has 0 bridgehead atoms. The van der Waals surface area contributed by atoms with Gasteiger partial charge in [0.25, 0.3) is 0 Å². The van der Waals surface area contributed by atoms with E-state index >= 15 is 4.39 Å². The van der Waals surface area contributed by atoms with Gasteiger partial charge in [0.2, 0.25) is 0 Å². The number of nitrogens with zero attached hydrogens (tertiary/aromatic N) is 6. The summed E-state index contributed by atoms with van der Waals surface area (Å²) in [4.78, 5) is 13.7. The lowest BCUT2D eigenvalue weighted by Gasteiger charge is -2.41. The van der Waals surface area contributed by atoms with Gasteiger partial charge in [0.15, 0.2) is 11.6 Å². The molecule has 0 N–H and O–H groups in total. The summed E-state index contributed by atoms with van der Waals surface area (Å²) in [6.45, 7) is 3.75. The van der Waals surface area contributed by atoms with Gasteiger partial charge in [0.1, 0.15) is 12.1 Å². The van der Waals surface area contributed by atoms with Crippen molar-refractivity contribution >= 4 is 16.5 Å². The van der Waals surface area contributed by atoms with Gasteiger partial charge in [-0.2, -0.15) is 0 Å². The molecule has 1 saturated carbocycles. The molecule has 2 aromatic carbocycles. The number of pyridine rings is 1. The standard InChI is InChI=1S/C27H29FN6/c28-24-18-21(10-11-25(24)33-16-14-32(15-17-33)22-7-2-1-3-8-22)26-30-19-34(31-26)27-23-9-5-4-6-20(23)12-13-29-27/h4-6,9-13,18-19,22H,1-3,7-8,14-17H2. The van der Waals surface area contributed by atoms with E-state index < -0.39 is 0 Å². The van der Waals surface area contributed by atoms with Crippen LogP contribution in [0.3, 0.4) is 0 Å². The lowest BCUT2D eigenvalue weighted by molar-refractivity contribution is 0.147. The monoisotopic (exact) mass is 456 g/mol. The molecule has 1 aliphatic heterocycles. The number of anilines is 1. The van der Waals surface area contributed by atoms with Crippen molar-refractivity contribution in [2.24, 2.45) is 0 Å². The molecule has 1 aliphatic carbocycles. The fraction of sp³-hybridized carbons (Fsp3) is 0.370. The molecule has 1 saturated heterocycles. The molecular weight excluding hydrogens is 427 g/mol. The van der Waals surface area contributed by atoms with E-state index in [1.165, 1.54) is 32.1 Å². The minimum absolute atomic E-state index is 0.219. The normalized spacial score (nSPS) is 18.0. The lowest BCUT2D eigenvalue weighted by Crippen LogP contribution is -2.51. The minimum atomic E-state index is -0.219. The van der Waals surface area contributed by atoms with E-state index in [1.807, 2.05) is 42.5 Å².